The molecule has 0 aromatic heterocycles. The number of hydrogen-bond acceptors (Lipinski definition) is 2. The van der Waals surface area contributed by atoms with Gasteiger partial charge in [0.2, 0.25) is 0 Å². The minimum Gasteiger partial charge on any atom is -0.489 e. The summed E-state index contributed by atoms with van der Waals surface area (Å²) in [6, 6.07) is 12.5. The van der Waals surface area contributed by atoms with Crippen molar-refractivity contribution >= 4 is 5.69 Å². The number of nitrogens with two attached hydrogens (primary N) is 1. The minimum absolute atomic E-state index is 0.577. The summed E-state index contributed by atoms with van der Waals surface area (Å²) in [5.41, 5.74) is 11.4. The van der Waals surface area contributed by atoms with Crippen LogP contribution in [0.4, 0.5) is 5.69 Å². The number of rotatable bonds is 4. The molecule has 2 N–H and O–H groups in total. The molecule has 0 aliphatic rings. The van der Waals surface area contributed by atoms with Gasteiger partial charge < -0.3 is 10.5 Å². The maximum Gasteiger partial charge on any atom is 0.124 e. The van der Waals surface area contributed by atoms with Gasteiger partial charge in [0.25, 0.3) is 0 Å². The van der Waals surface area contributed by atoms with Gasteiger partial charge in [0.05, 0.1) is 0 Å². The van der Waals surface area contributed by atoms with Crippen LogP contribution in [0.3, 0.4) is 0 Å². The third kappa shape index (κ3) is 3.28. The Morgan fingerprint density at radius 3 is 2.21 bits per heavy atom. The molecule has 2 nitrogen and oxygen atoms in total. The van der Waals surface area contributed by atoms with E-state index in [-0.39, 0.29) is 0 Å². The van der Waals surface area contributed by atoms with Gasteiger partial charge in [-0.15, -0.1) is 0 Å². The van der Waals surface area contributed by atoms with Gasteiger partial charge in [0.15, 0.2) is 0 Å². The number of ether oxygens (including phenoxy) is 1. The Labute approximate surface area is 115 Å². The van der Waals surface area contributed by atoms with Crippen LogP contribution >= 0.6 is 0 Å². The van der Waals surface area contributed by atoms with E-state index in [9.17, 15) is 0 Å². The summed E-state index contributed by atoms with van der Waals surface area (Å²) in [5, 5.41) is 0. The van der Waals surface area contributed by atoms with Crippen LogP contribution in [-0.2, 0) is 13.0 Å². The lowest BCUT2D eigenvalue weighted by Crippen LogP contribution is -1.99. The van der Waals surface area contributed by atoms with Gasteiger partial charge in [-0.25, -0.2) is 0 Å². The third-order valence-corrected chi connectivity index (χ3v) is 3.39. The summed E-state index contributed by atoms with van der Waals surface area (Å²) in [4.78, 5) is 0. The average molecular weight is 255 g/mol. The van der Waals surface area contributed by atoms with E-state index in [1.807, 2.05) is 19.9 Å². The SMILES string of the molecule is CCc1ccc(COc2cc(N)c(C)cc2C)cc1. The van der Waals surface area contributed by atoms with Crippen molar-refractivity contribution in [3.05, 3.63) is 58.7 Å². The van der Waals surface area contributed by atoms with Gasteiger partial charge in [-0.2, -0.15) is 0 Å². The number of anilines is 1. The van der Waals surface area contributed by atoms with Crippen LogP contribution in [0.5, 0.6) is 5.75 Å². The van der Waals surface area contributed by atoms with Gasteiger partial charge in [0.1, 0.15) is 12.4 Å². The van der Waals surface area contributed by atoms with Crippen molar-refractivity contribution in [2.75, 3.05) is 5.73 Å². The summed E-state index contributed by atoms with van der Waals surface area (Å²) < 4.78 is 5.85. The fourth-order valence-electron chi connectivity index (χ4n) is 2.04. The molecular formula is C17H21NO. The second-order valence-corrected chi connectivity index (χ2v) is 4.93. The molecule has 0 saturated heterocycles. The molecule has 0 amide bonds. The molecule has 0 unspecified atom stereocenters. The zero-order valence-electron chi connectivity index (χ0n) is 11.9. The molecule has 0 bridgehead atoms. The first-order chi connectivity index (χ1) is 9.10. The van der Waals surface area contributed by atoms with Crippen LogP contribution in [0.25, 0.3) is 0 Å². The Kier molecular flexibility index (Phi) is 4.10. The van der Waals surface area contributed by atoms with Crippen LogP contribution < -0.4 is 10.5 Å². The Bertz CT molecular complexity index is 558. The topological polar surface area (TPSA) is 35.2 Å². The number of benzene rings is 2. The summed E-state index contributed by atoms with van der Waals surface area (Å²) >= 11 is 0. The van der Waals surface area contributed by atoms with Crippen LogP contribution in [0, 0.1) is 13.8 Å². The highest BCUT2D eigenvalue weighted by molar-refractivity contribution is 5.54. The van der Waals surface area contributed by atoms with E-state index < -0.39 is 0 Å². The zero-order chi connectivity index (χ0) is 13.8. The lowest BCUT2D eigenvalue weighted by atomic mass is 10.1. The molecule has 0 atom stereocenters. The summed E-state index contributed by atoms with van der Waals surface area (Å²) in [7, 11) is 0. The van der Waals surface area contributed by atoms with Crippen LogP contribution in [0.1, 0.15) is 29.2 Å². The molecule has 2 aromatic carbocycles. The van der Waals surface area contributed by atoms with Crippen LogP contribution in [0.15, 0.2) is 36.4 Å². The lowest BCUT2D eigenvalue weighted by Gasteiger charge is -2.12. The third-order valence-electron chi connectivity index (χ3n) is 3.39. The van der Waals surface area contributed by atoms with E-state index >= 15 is 0 Å². The Morgan fingerprint density at radius 1 is 0.947 bits per heavy atom. The molecule has 0 heterocycles. The normalized spacial score (nSPS) is 10.5. The smallest absolute Gasteiger partial charge is 0.124 e. The van der Waals surface area contributed by atoms with E-state index in [4.69, 9.17) is 10.5 Å². The van der Waals surface area contributed by atoms with Crippen molar-refractivity contribution in [1.29, 1.82) is 0 Å². The molecule has 19 heavy (non-hydrogen) atoms. The number of aryl methyl sites for hydroxylation is 3. The molecule has 100 valence electrons. The molecular weight excluding hydrogens is 234 g/mol. The molecule has 2 rings (SSSR count). The minimum atomic E-state index is 0.577. The van der Waals surface area contributed by atoms with Crippen molar-refractivity contribution in [2.45, 2.75) is 33.8 Å². The average Bonchev–Trinajstić information content (AvgIpc) is 2.42. The summed E-state index contributed by atoms with van der Waals surface area (Å²) in [5.74, 6) is 0.864. The van der Waals surface area contributed by atoms with Gasteiger partial charge >= 0.3 is 0 Å². The van der Waals surface area contributed by atoms with Crippen molar-refractivity contribution in [3.63, 3.8) is 0 Å². The van der Waals surface area contributed by atoms with E-state index in [0.29, 0.717) is 6.61 Å². The maximum atomic E-state index is 5.92. The second kappa shape index (κ2) is 5.79. The predicted molar refractivity (Wildman–Crippen MR) is 80.5 cm³/mol. The van der Waals surface area contributed by atoms with Gasteiger partial charge in [0, 0.05) is 11.8 Å². The first-order valence-electron chi connectivity index (χ1n) is 6.67. The summed E-state index contributed by atoms with van der Waals surface area (Å²) in [6.45, 7) is 6.79. The first-order valence-corrected chi connectivity index (χ1v) is 6.67. The quantitative estimate of drug-likeness (QED) is 0.837. The van der Waals surface area contributed by atoms with Gasteiger partial charge in [-0.3, -0.25) is 0 Å². The van der Waals surface area contributed by atoms with Crippen molar-refractivity contribution in [3.8, 4) is 5.75 Å². The molecule has 2 aromatic rings. The standard InChI is InChI=1S/C17H21NO/c1-4-14-5-7-15(8-6-14)11-19-17-10-16(18)12(2)9-13(17)3/h5-10H,4,11,18H2,1-3H3. The maximum absolute atomic E-state index is 5.92. The van der Waals surface area contributed by atoms with Crippen LogP contribution in [-0.4, -0.2) is 0 Å². The van der Waals surface area contributed by atoms with E-state index in [0.717, 1.165) is 29.0 Å². The Hall–Kier alpha value is -1.96. The number of nitrogen functional groups attached to an aromatic ring is 1. The second-order valence-electron chi connectivity index (χ2n) is 4.93. The highest BCUT2D eigenvalue weighted by Gasteiger charge is 2.04. The Balaban J connectivity index is 2.07. The largest absolute Gasteiger partial charge is 0.489 e. The molecule has 2 heteroatoms. The van der Waals surface area contributed by atoms with Crippen molar-refractivity contribution in [2.24, 2.45) is 0 Å². The summed E-state index contributed by atoms with van der Waals surface area (Å²) in [6.07, 6.45) is 1.06. The molecule has 0 spiro atoms. The monoisotopic (exact) mass is 255 g/mol. The predicted octanol–water partition coefficient (Wildman–Crippen LogP) is 4.03. The highest BCUT2D eigenvalue weighted by Crippen LogP contribution is 2.25. The van der Waals surface area contributed by atoms with Crippen molar-refractivity contribution < 1.29 is 4.74 Å². The highest BCUT2D eigenvalue weighted by atomic mass is 16.5. The fourth-order valence-corrected chi connectivity index (χ4v) is 2.04. The molecule has 0 aliphatic carbocycles. The van der Waals surface area contributed by atoms with Gasteiger partial charge in [-0.1, -0.05) is 37.3 Å². The molecule has 0 radical (unpaired) electrons. The van der Waals surface area contributed by atoms with Crippen LogP contribution in [0.2, 0.25) is 0 Å². The number of hydrogen-bond donors (Lipinski definition) is 1. The zero-order valence-corrected chi connectivity index (χ0v) is 11.9. The molecule has 0 aliphatic heterocycles. The van der Waals surface area contributed by atoms with Crippen molar-refractivity contribution in [1.82, 2.24) is 0 Å². The molecule has 0 saturated carbocycles. The van der Waals surface area contributed by atoms with E-state index in [1.54, 1.807) is 0 Å². The van der Waals surface area contributed by atoms with E-state index in [1.165, 1.54) is 11.1 Å². The fraction of sp³-hybridized carbons (Fsp3) is 0.294. The van der Waals surface area contributed by atoms with Gasteiger partial charge in [-0.05, 0) is 42.5 Å². The first kappa shape index (κ1) is 13.5. The Morgan fingerprint density at radius 2 is 1.58 bits per heavy atom. The lowest BCUT2D eigenvalue weighted by molar-refractivity contribution is 0.304. The van der Waals surface area contributed by atoms with E-state index in [2.05, 4.69) is 37.3 Å². The molecule has 0 fully saturated rings.